The summed E-state index contributed by atoms with van der Waals surface area (Å²) in [5, 5.41) is 2.50. The van der Waals surface area contributed by atoms with E-state index in [0.717, 1.165) is 12.3 Å². The van der Waals surface area contributed by atoms with Gasteiger partial charge in [0.2, 0.25) is 5.95 Å². The molecule has 0 aliphatic heterocycles. The van der Waals surface area contributed by atoms with E-state index >= 15 is 0 Å². The molecule has 0 saturated heterocycles. The zero-order valence-corrected chi connectivity index (χ0v) is 10.9. The number of nitrogens with zero attached hydrogens (tertiary/aromatic N) is 3. The van der Waals surface area contributed by atoms with Gasteiger partial charge in [-0.25, -0.2) is 14.4 Å². The van der Waals surface area contributed by atoms with E-state index in [1.807, 2.05) is 0 Å². The van der Waals surface area contributed by atoms with Crippen LogP contribution in [0.1, 0.15) is 10.4 Å². The Labute approximate surface area is 114 Å². The lowest BCUT2D eigenvalue weighted by Gasteiger charge is -2.16. The number of anilines is 2. The Bertz CT molecular complexity index is 646. The van der Waals surface area contributed by atoms with E-state index in [2.05, 4.69) is 15.3 Å². The van der Waals surface area contributed by atoms with E-state index in [0.29, 0.717) is 11.5 Å². The average molecular weight is 278 g/mol. The molecule has 1 N–H and O–H groups in total. The molecule has 7 heteroatoms. The fraction of sp³-hybridized carbons (Fsp3) is 0.154. The molecule has 0 atom stereocenters. The first-order valence-corrected chi connectivity index (χ1v) is 5.74. The van der Waals surface area contributed by atoms with Crippen molar-refractivity contribution in [3.8, 4) is 0 Å². The lowest BCUT2D eigenvalue weighted by molar-refractivity contribution is 0.102. The van der Waals surface area contributed by atoms with E-state index in [9.17, 15) is 13.6 Å². The summed E-state index contributed by atoms with van der Waals surface area (Å²) in [4.78, 5) is 20.9. The minimum Gasteiger partial charge on any atom is -0.361 e. The van der Waals surface area contributed by atoms with E-state index in [1.54, 1.807) is 37.3 Å². The highest BCUT2D eigenvalue weighted by molar-refractivity contribution is 6.05. The molecule has 104 valence electrons. The summed E-state index contributed by atoms with van der Waals surface area (Å²) in [6.07, 6.45) is 2.60. The molecule has 0 unspecified atom stereocenters. The van der Waals surface area contributed by atoms with E-state index < -0.39 is 23.2 Å². The minimum atomic E-state index is -1.31. The summed E-state index contributed by atoms with van der Waals surface area (Å²) in [7, 11) is 3.51. The van der Waals surface area contributed by atoms with Crippen LogP contribution in [0.5, 0.6) is 0 Å². The summed E-state index contributed by atoms with van der Waals surface area (Å²) >= 11 is 0. The molecule has 0 spiro atoms. The van der Waals surface area contributed by atoms with Crippen molar-refractivity contribution in [2.24, 2.45) is 0 Å². The molecule has 2 heterocycles. The van der Waals surface area contributed by atoms with Crippen molar-refractivity contribution in [3.05, 3.63) is 47.9 Å². The van der Waals surface area contributed by atoms with Crippen LogP contribution >= 0.6 is 0 Å². The third-order valence-electron chi connectivity index (χ3n) is 2.55. The smallest absolute Gasteiger partial charge is 0.258 e. The van der Waals surface area contributed by atoms with Gasteiger partial charge in [-0.3, -0.25) is 4.79 Å². The standard InChI is InChI=1S/C13H12F2N4O/c1-19(2)12-9(4-3-6-17-12)18-13(20)8-5-7-16-11(15)10(8)14/h3-7H,1-2H3,(H,18,20). The third-order valence-corrected chi connectivity index (χ3v) is 2.55. The average Bonchev–Trinajstić information content (AvgIpc) is 2.42. The van der Waals surface area contributed by atoms with Gasteiger partial charge in [0.05, 0.1) is 11.3 Å². The van der Waals surface area contributed by atoms with Crippen LogP contribution in [0, 0.1) is 11.8 Å². The fourth-order valence-corrected chi connectivity index (χ4v) is 1.63. The Morgan fingerprint density at radius 1 is 1.20 bits per heavy atom. The lowest BCUT2D eigenvalue weighted by Crippen LogP contribution is -2.19. The van der Waals surface area contributed by atoms with Gasteiger partial charge in [0, 0.05) is 26.5 Å². The highest BCUT2D eigenvalue weighted by Gasteiger charge is 2.17. The van der Waals surface area contributed by atoms with Crippen LogP contribution in [0.2, 0.25) is 0 Å². The molecule has 0 aromatic carbocycles. The first kappa shape index (κ1) is 13.9. The van der Waals surface area contributed by atoms with Gasteiger partial charge in [0.25, 0.3) is 5.91 Å². The van der Waals surface area contributed by atoms with Gasteiger partial charge in [-0.1, -0.05) is 0 Å². The number of halogens is 2. The van der Waals surface area contributed by atoms with Crippen LogP contribution in [-0.4, -0.2) is 30.0 Å². The summed E-state index contributed by atoms with van der Waals surface area (Å²) in [5.74, 6) is -2.84. The molecule has 0 saturated carbocycles. The Morgan fingerprint density at radius 2 is 1.95 bits per heavy atom. The van der Waals surface area contributed by atoms with E-state index in [4.69, 9.17) is 0 Å². The van der Waals surface area contributed by atoms with Crippen molar-refractivity contribution in [1.82, 2.24) is 9.97 Å². The number of nitrogens with one attached hydrogen (secondary N) is 1. The summed E-state index contributed by atoms with van der Waals surface area (Å²) in [6.45, 7) is 0. The van der Waals surface area contributed by atoms with Gasteiger partial charge in [-0.05, 0) is 18.2 Å². The molecule has 0 aliphatic rings. The number of rotatable bonds is 3. The molecule has 20 heavy (non-hydrogen) atoms. The van der Waals surface area contributed by atoms with Crippen molar-refractivity contribution in [2.75, 3.05) is 24.3 Å². The molecule has 5 nitrogen and oxygen atoms in total. The summed E-state index contributed by atoms with van der Waals surface area (Å²) in [5.41, 5.74) is -0.00909. The number of carbonyl (C=O) groups is 1. The van der Waals surface area contributed by atoms with Crippen molar-refractivity contribution >= 4 is 17.4 Å². The Morgan fingerprint density at radius 3 is 2.65 bits per heavy atom. The van der Waals surface area contributed by atoms with Crippen molar-refractivity contribution in [1.29, 1.82) is 0 Å². The van der Waals surface area contributed by atoms with Gasteiger partial charge in [0.1, 0.15) is 0 Å². The topological polar surface area (TPSA) is 58.1 Å². The number of aromatic nitrogens is 2. The highest BCUT2D eigenvalue weighted by Crippen LogP contribution is 2.21. The quantitative estimate of drug-likeness (QED) is 0.873. The minimum absolute atomic E-state index is 0.402. The molecule has 0 aliphatic carbocycles. The molecule has 2 rings (SSSR count). The monoisotopic (exact) mass is 278 g/mol. The predicted molar refractivity (Wildman–Crippen MR) is 70.7 cm³/mol. The summed E-state index contributed by atoms with van der Waals surface area (Å²) < 4.78 is 26.5. The molecule has 2 aromatic rings. The third kappa shape index (κ3) is 2.71. The van der Waals surface area contributed by atoms with Gasteiger partial charge in [0.15, 0.2) is 11.6 Å². The normalized spacial score (nSPS) is 10.2. The fourth-order valence-electron chi connectivity index (χ4n) is 1.63. The molecule has 0 radical (unpaired) electrons. The number of hydrogen-bond donors (Lipinski definition) is 1. The number of carbonyl (C=O) groups excluding carboxylic acids is 1. The van der Waals surface area contributed by atoms with Gasteiger partial charge in [-0.15, -0.1) is 0 Å². The second kappa shape index (κ2) is 5.60. The molecule has 1 amide bonds. The maximum Gasteiger partial charge on any atom is 0.258 e. The second-order valence-corrected chi connectivity index (χ2v) is 4.19. The Balaban J connectivity index is 2.31. The summed E-state index contributed by atoms with van der Waals surface area (Å²) in [6, 6.07) is 4.36. The molecular weight excluding hydrogens is 266 g/mol. The zero-order valence-electron chi connectivity index (χ0n) is 10.9. The lowest BCUT2D eigenvalue weighted by atomic mass is 10.2. The van der Waals surface area contributed by atoms with Crippen LogP contribution in [0.15, 0.2) is 30.6 Å². The van der Waals surface area contributed by atoms with Crippen LogP contribution in [0.4, 0.5) is 20.3 Å². The van der Waals surface area contributed by atoms with Gasteiger partial charge < -0.3 is 10.2 Å². The SMILES string of the molecule is CN(C)c1ncccc1NC(=O)c1ccnc(F)c1F. The second-order valence-electron chi connectivity index (χ2n) is 4.19. The molecular formula is C13H12F2N4O. The van der Waals surface area contributed by atoms with Crippen LogP contribution < -0.4 is 10.2 Å². The maximum atomic E-state index is 13.5. The number of amides is 1. The Hall–Kier alpha value is -2.57. The highest BCUT2D eigenvalue weighted by atomic mass is 19.2. The zero-order chi connectivity index (χ0) is 14.7. The first-order valence-electron chi connectivity index (χ1n) is 5.74. The van der Waals surface area contributed by atoms with Gasteiger partial charge in [-0.2, -0.15) is 4.39 Å². The van der Waals surface area contributed by atoms with Crippen molar-refractivity contribution in [2.45, 2.75) is 0 Å². The van der Waals surface area contributed by atoms with E-state index in [-0.39, 0.29) is 0 Å². The van der Waals surface area contributed by atoms with Crippen molar-refractivity contribution in [3.63, 3.8) is 0 Å². The van der Waals surface area contributed by atoms with Crippen LogP contribution in [0.25, 0.3) is 0 Å². The largest absolute Gasteiger partial charge is 0.361 e. The maximum absolute atomic E-state index is 13.5. The van der Waals surface area contributed by atoms with Crippen molar-refractivity contribution < 1.29 is 13.6 Å². The van der Waals surface area contributed by atoms with E-state index in [1.165, 1.54) is 0 Å². The van der Waals surface area contributed by atoms with Crippen LogP contribution in [-0.2, 0) is 0 Å². The predicted octanol–water partition coefficient (Wildman–Crippen LogP) is 2.07. The number of hydrogen-bond acceptors (Lipinski definition) is 4. The van der Waals surface area contributed by atoms with Crippen LogP contribution in [0.3, 0.4) is 0 Å². The molecule has 0 bridgehead atoms. The van der Waals surface area contributed by atoms with Gasteiger partial charge >= 0.3 is 0 Å². The molecule has 2 aromatic heterocycles. The number of pyridine rings is 2. The molecule has 0 fully saturated rings. The first-order chi connectivity index (χ1) is 9.50. The Kier molecular flexibility index (Phi) is 3.88.